The lowest BCUT2D eigenvalue weighted by Crippen LogP contribution is -2.20. The van der Waals surface area contributed by atoms with Gasteiger partial charge < -0.3 is 5.32 Å². The minimum Gasteiger partial charge on any atom is -0.308 e. The van der Waals surface area contributed by atoms with Gasteiger partial charge in [0, 0.05) is 14.9 Å². The molecule has 0 spiro atoms. The first-order valence-corrected chi connectivity index (χ1v) is 7.08. The molecule has 1 atom stereocenters. The Hall–Kier alpha value is -0.780. The lowest BCUT2D eigenvalue weighted by molar-refractivity contribution is 0.519. The molecular weight excluding hydrogens is 320 g/mol. The Balaban J connectivity index is 2.59. The first-order valence-electron chi connectivity index (χ1n) is 5.41. The molecule has 0 saturated carbocycles. The molecule has 5 heteroatoms. The second-order valence-electron chi connectivity index (χ2n) is 3.95. The molecule has 0 aliphatic rings. The maximum absolute atomic E-state index is 14.1. The highest BCUT2D eigenvalue weighted by Gasteiger charge is 2.24. The minimum atomic E-state index is -0.530. The van der Waals surface area contributed by atoms with Gasteiger partial charge in [-0.3, -0.25) is 0 Å². The number of nitrogens with one attached hydrogen (secondary N) is 1. The highest BCUT2D eigenvalue weighted by Crippen LogP contribution is 2.35. The van der Waals surface area contributed by atoms with E-state index in [9.17, 15) is 8.78 Å². The van der Waals surface area contributed by atoms with Crippen molar-refractivity contribution in [2.24, 2.45) is 0 Å². The van der Waals surface area contributed by atoms with Crippen LogP contribution in [-0.2, 0) is 0 Å². The van der Waals surface area contributed by atoms with Crippen LogP contribution in [0.1, 0.15) is 22.0 Å². The highest BCUT2D eigenvalue weighted by atomic mass is 79.9. The van der Waals surface area contributed by atoms with Crippen LogP contribution in [0.4, 0.5) is 8.78 Å². The molecule has 1 unspecified atom stereocenters. The largest absolute Gasteiger partial charge is 0.308 e. The first kappa shape index (κ1) is 13.6. The Morgan fingerprint density at radius 2 is 2.00 bits per heavy atom. The van der Waals surface area contributed by atoms with E-state index in [0.717, 1.165) is 9.35 Å². The Kier molecular flexibility index (Phi) is 4.14. The molecule has 2 rings (SSSR count). The number of halogens is 3. The molecule has 0 radical (unpaired) electrons. The highest BCUT2D eigenvalue weighted by molar-refractivity contribution is 9.10. The van der Waals surface area contributed by atoms with Gasteiger partial charge in [0.1, 0.15) is 11.6 Å². The van der Waals surface area contributed by atoms with Crippen molar-refractivity contribution < 1.29 is 8.78 Å². The molecule has 0 saturated heterocycles. The van der Waals surface area contributed by atoms with Crippen LogP contribution < -0.4 is 5.32 Å². The molecule has 1 nitrogen and oxygen atoms in total. The van der Waals surface area contributed by atoms with Crippen LogP contribution in [0.15, 0.2) is 28.1 Å². The van der Waals surface area contributed by atoms with E-state index < -0.39 is 17.7 Å². The topological polar surface area (TPSA) is 12.0 Å². The van der Waals surface area contributed by atoms with Gasteiger partial charge in [0.15, 0.2) is 0 Å². The van der Waals surface area contributed by atoms with Crippen molar-refractivity contribution in [3.63, 3.8) is 0 Å². The van der Waals surface area contributed by atoms with Crippen LogP contribution in [0.3, 0.4) is 0 Å². The molecule has 1 N–H and O–H groups in total. The van der Waals surface area contributed by atoms with E-state index in [1.807, 2.05) is 11.4 Å². The summed E-state index contributed by atoms with van der Waals surface area (Å²) < 4.78 is 28.9. The fourth-order valence-electron chi connectivity index (χ4n) is 1.86. The second kappa shape index (κ2) is 5.47. The van der Waals surface area contributed by atoms with Crippen molar-refractivity contribution in [3.8, 4) is 0 Å². The third kappa shape index (κ3) is 2.35. The maximum Gasteiger partial charge on any atom is 0.134 e. The summed E-state index contributed by atoms with van der Waals surface area (Å²) in [6, 6.07) is 4.14. The van der Waals surface area contributed by atoms with Crippen LogP contribution in [-0.4, -0.2) is 7.05 Å². The molecule has 0 bridgehead atoms. The van der Waals surface area contributed by atoms with Crippen LogP contribution in [0, 0.1) is 18.6 Å². The monoisotopic (exact) mass is 331 g/mol. The maximum atomic E-state index is 14.1. The molecule has 0 fully saturated rings. The van der Waals surface area contributed by atoms with Gasteiger partial charge in [-0.1, -0.05) is 6.07 Å². The molecule has 0 amide bonds. The number of hydrogen-bond donors (Lipinski definition) is 1. The Morgan fingerprint density at radius 1 is 1.28 bits per heavy atom. The third-order valence-corrected chi connectivity index (χ3v) is 4.74. The zero-order valence-electron chi connectivity index (χ0n) is 9.93. The average Bonchev–Trinajstić information content (AvgIpc) is 2.76. The van der Waals surface area contributed by atoms with E-state index in [1.54, 1.807) is 14.0 Å². The summed E-state index contributed by atoms with van der Waals surface area (Å²) in [4.78, 5) is 0.862. The fourth-order valence-corrected chi connectivity index (χ4v) is 3.58. The van der Waals surface area contributed by atoms with Gasteiger partial charge >= 0.3 is 0 Å². The van der Waals surface area contributed by atoms with Gasteiger partial charge in [-0.2, -0.15) is 0 Å². The molecule has 18 heavy (non-hydrogen) atoms. The van der Waals surface area contributed by atoms with Gasteiger partial charge in [0.25, 0.3) is 0 Å². The van der Waals surface area contributed by atoms with Crippen molar-refractivity contribution >= 4 is 27.3 Å². The van der Waals surface area contributed by atoms with Gasteiger partial charge in [0.05, 0.1) is 6.04 Å². The molecule has 0 aliphatic heterocycles. The third-order valence-electron chi connectivity index (χ3n) is 2.80. The Labute approximate surface area is 117 Å². The van der Waals surface area contributed by atoms with E-state index in [2.05, 4.69) is 21.2 Å². The standard InChI is InChI=1S/C13H12BrF2NS/c1-7-3-4-9(15)10(11(7)16)12(17-2)13-8(14)5-6-18-13/h3-6,12,17H,1-2H3. The second-order valence-corrected chi connectivity index (χ2v) is 5.75. The van der Waals surface area contributed by atoms with E-state index in [4.69, 9.17) is 0 Å². The Bertz CT molecular complexity index is 568. The SMILES string of the molecule is CNC(c1sccc1Br)c1c(F)ccc(C)c1F. The van der Waals surface area contributed by atoms with Crippen molar-refractivity contribution in [2.75, 3.05) is 7.05 Å². The van der Waals surface area contributed by atoms with Crippen LogP contribution in [0.5, 0.6) is 0 Å². The smallest absolute Gasteiger partial charge is 0.134 e. The number of hydrogen-bond acceptors (Lipinski definition) is 2. The number of thiophene rings is 1. The number of aryl methyl sites for hydroxylation is 1. The Morgan fingerprint density at radius 3 is 2.56 bits per heavy atom. The lowest BCUT2D eigenvalue weighted by atomic mass is 10.0. The zero-order chi connectivity index (χ0) is 13.3. The van der Waals surface area contributed by atoms with Crippen molar-refractivity contribution in [3.05, 3.63) is 55.7 Å². The molecule has 1 aromatic heterocycles. The summed E-state index contributed by atoms with van der Waals surface area (Å²) in [7, 11) is 1.69. The van der Waals surface area contributed by atoms with E-state index in [1.165, 1.54) is 23.5 Å². The van der Waals surface area contributed by atoms with Gasteiger partial charge in [-0.15, -0.1) is 11.3 Å². The van der Waals surface area contributed by atoms with Crippen LogP contribution >= 0.6 is 27.3 Å². The summed E-state index contributed by atoms with van der Waals surface area (Å²) in [6.07, 6.45) is 0. The zero-order valence-corrected chi connectivity index (χ0v) is 12.3. The van der Waals surface area contributed by atoms with Crippen molar-refractivity contribution in [1.29, 1.82) is 0 Å². The summed E-state index contributed by atoms with van der Waals surface area (Å²) >= 11 is 4.86. The summed E-state index contributed by atoms with van der Waals surface area (Å²) in [5.41, 5.74) is 0.514. The summed E-state index contributed by atoms with van der Waals surface area (Å²) in [5, 5.41) is 4.86. The number of rotatable bonds is 3. The van der Waals surface area contributed by atoms with E-state index in [0.29, 0.717) is 5.56 Å². The normalized spacial score (nSPS) is 12.7. The van der Waals surface area contributed by atoms with Crippen LogP contribution in [0.25, 0.3) is 0 Å². The quantitative estimate of drug-likeness (QED) is 0.878. The molecule has 96 valence electrons. The van der Waals surface area contributed by atoms with Crippen molar-refractivity contribution in [1.82, 2.24) is 5.32 Å². The average molecular weight is 332 g/mol. The number of benzene rings is 1. The van der Waals surface area contributed by atoms with E-state index in [-0.39, 0.29) is 5.56 Å². The molecule has 1 aromatic carbocycles. The minimum absolute atomic E-state index is 0.0700. The fraction of sp³-hybridized carbons (Fsp3) is 0.231. The van der Waals surface area contributed by atoms with E-state index >= 15 is 0 Å². The molecular formula is C13H12BrF2NS. The first-order chi connectivity index (χ1) is 8.56. The van der Waals surface area contributed by atoms with Gasteiger partial charge in [-0.05, 0) is 53.0 Å². The molecule has 2 aromatic rings. The summed E-state index contributed by atoms with van der Waals surface area (Å²) in [6.45, 7) is 1.63. The van der Waals surface area contributed by atoms with Crippen molar-refractivity contribution in [2.45, 2.75) is 13.0 Å². The van der Waals surface area contributed by atoms with Gasteiger partial charge in [-0.25, -0.2) is 8.78 Å². The van der Waals surface area contributed by atoms with Gasteiger partial charge in [0.2, 0.25) is 0 Å². The summed E-state index contributed by atoms with van der Waals surface area (Å²) in [5.74, 6) is -1.02. The van der Waals surface area contributed by atoms with Crippen LogP contribution in [0.2, 0.25) is 0 Å². The molecule has 1 heterocycles. The lowest BCUT2D eigenvalue weighted by Gasteiger charge is -2.18. The predicted octanol–water partition coefficient (Wildman–Crippen LogP) is 4.41. The predicted molar refractivity (Wildman–Crippen MR) is 74.0 cm³/mol. The molecule has 0 aliphatic carbocycles.